The van der Waals surface area contributed by atoms with Crippen LogP contribution in [0.2, 0.25) is 5.02 Å². The summed E-state index contributed by atoms with van der Waals surface area (Å²) in [5.74, 6) is 0.0803. The van der Waals surface area contributed by atoms with Crippen LogP contribution in [0.5, 0.6) is 0 Å². The Bertz CT molecular complexity index is 1100. The number of fused-ring (bicyclic) bond motifs is 1. The van der Waals surface area contributed by atoms with Crippen LogP contribution in [0.4, 0.5) is 5.69 Å². The van der Waals surface area contributed by atoms with Crippen molar-refractivity contribution in [3.8, 4) is 0 Å². The van der Waals surface area contributed by atoms with E-state index < -0.39 is 9.84 Å². The Morgan fingerprint density at radius 2 is 2.03 bits per heavy atom. The molecule has 2 aliphatic rings. The van der Waals surface area contributed by atoms with Crippen LogP contribution >= 0.6 is 23.4 Å². The first-order valence-corrected chi connectivity index (χ1v) is 12.2. The van der Waals surface area contributed by atoms with Gasteiger partial charge < -0.3 is 10.6 Å². The molecular weight excluding hydrogens is 430 g/mol. The van der Waals surface area contributed by atoms with Crippen LogP contribution in [0, 0.1) is 6.92 Å². The van der Waals surface area contributed by atoms with Gasteiger partial charge in [0.1, 0.15) is 0 Å². The summed E-state index contributed by atoms with van der Waals surface area (Å²) in [6.45, 7) is 2.29. The molecule has 1 amide bonds. The Morgan fingerprint density at radius 3 is 2.79 bits per heavy atom. The van der Waals surface area contributed by atoms with Gasteiger partial charge in [-0.25, -0.2) is 8.42 Å². The molecule has 0 aromatic heterocycles. The van der Waals surface area contributed by atoms with Crippen molar-refractivity contribution in [3.05, 3.63) is 64.2 Å². The third-order valence-electron chi connectivity index (χ3n) is 4.96. The van der Waals surface area contributed by atoms with Crippen LogP contribution in [-0.4, -0.2) is 42.3 Å². The van der Waals surface area contributed by atoms with E-state index in [0.717, 1.165) is 16.8 Å². The largest absolute Gasteiger partial charge is 0.348 e. The second-order valence-corrected chi connectivity index (χ2v) is 11.0. The van der Waals surface area contributed by atoms with E-state index in [1.165, 1.54) is 11.8 Å². The van der Waals surface area contributed by atoms with Gasteiger partial charge >= 0.3 is 0 Å². The number of hydrogen-bond donors (Lipinski definition) is 2. The number of amidine groups is 1. The van der Waals surface area contributed by atoms with Crippen molar-refractivity contribution in [2.75, 3.05) is 16.8 Å². The van der Waals surface area contributed by atoms with Gasteiger partial charge in [0.15, 0.2) is 15.0 Å². The molecule has 2 aromatic rings. The van der Waals surface area contributed by atoms with Crippen LogP contribution in [0.3, 0.4) is 0 Å². The number of halogens is 1. The summed E-state index contributed by atoms with van der Waals surface area (Å²) in [7, 11) is -2.98. The van der Waals surface area contributed by atoms with Crippen LogP contribution in [-0.2, 0) is 16.4 Å². The summed E-state index contributed by atoms with van der Waals surface area (Å²) in [6.07, 6.45) is 0. The predicted octanol–water partition coefficient (Wildman–Crippen LogP) is 3.26. The van der Waals surface area contributed by atoms with Crippen molar-refractivity contribution < 1.29 is 13.2 Å². The second kappa shape index (κ2) is 8.01. The number of amides is 1. The van der Waals surface area contributed by atoms with Crippen LogP contribution in [0.15, 0.2) is 47.5 Å². The van der Waals surface area contributed by atoms with Crippen LogP contribution in [0.1, 0.15) is 21.5 Å². The molecule has 2 aromatic carbocycles. The van der Waals surface area contributed by atoms with Crippen molar-refractivity contribution in [1.82, 2.24) is 5.32 Å². The molecule has 0 bridgehead atoms. The smallest absolute Gasteiger partial charge is 0.251 e. The minimum absolute atomic E-state index is 0.0232. The molecule has 9 heteroatoms. The van der Waals surface area contributed by atoms with Crippen molar-refractivity contribution in [2.45, 2.75) is 24.8 Å². The summed E-state index contributed by atoms with van der Waals surface area (Å²) in [5.41, 5.74) is 3.13. The Kier molecular flexibility index (Phi) is 5.59. The minimum atomic E-state index is -2.98. The van der Waals surface area contributed by atoms with Crippen LogP contribution in [0.25, 0.3) is 0 Å². The molecule has 1 saturated heterocycles. The maximum atomic E-state index is 12.6. The minimum Gasteiger partial charge on any atom is -0.348 e. The number of rotatable bonds is 4. The Morgan fingerprint density at radius 1 is 1.24 bits per heavy atom. The average molecular weight is 450 g/mol. The van der Waals surface area contributed by atoms with E-state index in [0.29, 0.717) is 22.3 Å². The molecule has 6 nitrogen and oxygen atoms in total. The number of sulfone groups is 1. The highest BCUT2D eigenvalue weighted by Crippen LogP contribution is 2.35. The van der Waals surface area contributed by atoms with Gasteiger partial charge in [0.25, 0.3) is 5.91 Å². The zero-order valence-electron chi connectivity index (χ0n) is 15.7. The molecule has 0 radical (unpaired) electrons. The zero-order valence-corrected chi connectivity index (χ0v) is 18.1. The van der Waals surface area contributed by atoms with E-state index >= 15 is 0 Å². The number of thioether (sulfide) groups is 1. The zero-order chi connectivity index (χ0) is 20.6. The molecule has 0 aliphatic carbocycles. The first kappa shape index (κ1) is 20.3. The van der Waals surface area contributed by atoms with Gasteiger partial charge in [-0.2, -0.15) is 0 Å². The topological polar surface area (TPSA) is 87.6 Å². The molecule has 0 unspecified atom stereocenters. The Labute approximate surface area is 179 Å². The summed E-state index contributed by atoms with van der Waals surface area (Å²) in [4.78, 5) is 17.1. The molecule has 4 rings (SSSR count). The number of anilines is 1. The number of carbonyl (C=O) groups is 1. The first-order valence-electron chi connectivity index (χ1n) is 9.15. The van der Waals surface area contributed by atoms with Crippen molar-refractivity contribution in [2.24, 2.45) is 4.99 Å². The molecule has 0 saturated carbocycles. The molecule has 1 fully saturated rings. The van der Waals surface area contributed by atoms with E-state index in [2.05, 4.69) is 15.6 Å². The van der Waals surface area contributed by atoms with Gasteiger partial charge in [0.2, 0.25) is 0 Å². The second-order valence-electron chi connectivity index (χ2n) is 7.16. The Hall–Kier alpha value is -2.03. The number of benzene rings is 2. The molecular formula is C20H20ClN3O3S2. The Balaban J connectivity index is 1.44. The summed E-state index contributed by atoms with van der Waals surface area (Å²) >= 11 is 7.59. The molecule has 2 aliphatic heterocycles. The lowest BCUT2D eigenvalue weighted by Gasteiger charge is -2.12. The fourth-order valence-corrected chi connectivity index (χ4v) is 7.22. The summed E-state index contributed by atoms with van der Waals surface area (Å²) in [5, 5.41) is 7.44. The lowest BCUT2D eigenvalue weighted by atomic mass is 10.1. The van der Waals surface area contributed by atoms with Gasteiger partial charge in [-0.3, -0.25) is 9.79 Å². The van der Waals surface area contributed by atoms with Crippen molar-refractivity contribution >= 4 is 50.0 Å². The maximum Gasteiger partial charge on any atom is 0.251 e. The number of aliphatic imine (C=N–C) groups is 1. The lowest BCUT2D eigenvalue weighted by molar-refractivity contribution is 0.0951. The third kappa shape index (κ3) is 4.60. The molecule has 2 atom stereocenters. The quantitative estimate of drug-likeness (QED) is 0.748. The molecule has 2 N–H and O–H groups in total. The van der Waals surface area contributed by atoms with Gasteiger partial charge in [0.05, 0.1) is 17.5 Å². The fraction of sp³-hybridized carbons (Fsp3) is 0.300. The van der Waals surface area contributed by atoms with Gasteiger partial charge in [0, 0.05) is 28.1 Å². The monoisotopic (exact) mass is 449 g/mol. The number of aryl methyl sites for hydroxylation is 1. The highest BCUT2D eigenvalue weighted by atomic mass is 35.5. The van der Waals surface area contributed by atoms with Gasteiger partial charge in [-0.1, -0.05) is 47.6 Å². The summed E-state index contributed by atoms with van der Waals surface area (Å²) < 4.78 is 23.4. The normalized spacial score (nSPS) is 22.1. The summed E-state index contributed by atoms with van der Waals surface area (Å²) in [6, 6.07) is 12.6. The molecule has 29 heavy (non-hydrogen) atoms. The highest BCUT2D eigenvalue weighted by molar-refractivity contribution is 8.15. The lowest BCUT2D eigenvalue weighted by Crippen LogP contribution is -2.23. The van der Waals surface area contributed by atoms with E-state index in [9.17, 15) is 13.2 Å². The number of carbonyl (C=O) groups excluding carboxylic acids is 1. The predicted molar refractivity (Wildman–Crippen MR) is 119 cm³/mol. The number of hydrogen-bond acceptors (Lipinski definition) is 6. The molecule has 0 spiro atoms. The highest BCUT2D eigenvalue weighted by Gasteiger charge is 2.42. The average Bonchev–Trinajstić information content (AvgIpc) is 3.15. The van der Waals surface area contributed by atoms with E-state index in [1.54, 1.807) is 18.2 Å². The first-order chi connectivity index (χ1) is 13.8. The molecule has 2 heterocycles. The van der Waals surface area contributed by atoms with E-state index in [4.69, 9.17) is 11.6 Å². The maximum absolute atomic E-state index is 12.6. The standard InChI is InChI=1S/C20H20ClN3O3S2/c1-12-6-7-13(19(25)22-9-14-4-2-3-5-15(14)21)8-16(12)23-20-24-17-10-29(26,27)11-18(17)28-20/h2-8,17-18H,9-11H2,1H3,(H,22,25)(H,23,24)/t17-,18-/m0/s1. The molecule has 152 valence electrons. The number of nitrogens with one attached hydrogen (secondary N) is 2. The van der Waals surface area contributed by atoms with E-state index in [1.807, 2.05) is 31.2 Å². The van der Waals surface area contributed by atoms with Crippen LogP contribution < -0.4 is 10.6 Å². The SMILES string of the molecule is Cc1ccc(C(=O)NCc2ccccc2Cl)cc1NC1=N[C@H]2CS(=O)(=O)C[C@@H]2S1. The van der Waals surface area contributed by atoms with Crippen molar-refractivity contribution in [3.63, 3.8) is 0 Å². The third-order valence-corrected chi connectivity index (χ3v) is 8.47. The number of nitrogens with zero attached hydrogens (tertiary/aromatic N) is 1. The van der Waals surface area contributed by atoms with Gasteiger partial charge in [-0.15, -0.1) is 0 Å². The van der Waals surface area contributed by atoms with Gasteiger partial charge in [-0.05, 0) is 36.2 Å². The fourth-order valence-electron chi connectivity index (χ4n) is 3.35. The van der Waals surface area contributed by atoms with Crippen molar-refractivity contribution in [1.29, 1.82) is 0 Å². The van der Waals surface area contributed by atoms with E-state index in [-0.39, 0.29) is 28.7 Å².